The van der Waals surface area contributed by atoms with Crippen LogP contribution in [0, 0.1) is 5.92 Å². The number of carbonyl (C=O) groups excluding carboxylic acids is 1. The molecule has 0 amide bonds. The van der Waals surface area contributed by atoms with E-state index in [1.807, 2.05) is 29.6 Å². The number of pyridine rings is 1. The minimum Gasteiger partial charge on any atom is -0.473 e. The summed E-state index contributed by atoms with van der Waals surface area (Å²) in [6.45, 7) is 8.06. The van der Waals surface area contributed by atoms with E-state index in [2.05, 4.69) is 49.1 Å². The van der Waals surface area contributed by atoms with Crippen molar-refractivity contribution in [2.45, 2.75) is 69.7 Å². The van der Waals surface area contributed by atoms with Gasteiger partial charge in [0.1, 0.15) is 5.03 Å². The first-order valence-electron chi connectivity index (χ1n) is 14.7. The zero-order valence-corrected chi connectivity index (χ0v) is 26.2. The van der Waals surface area contributed by atoms with E-state index in [1.54, 1.807) is 11.8 Å². The highest BCUT2D eigenvalue weighted by Gasteiger charge is 2.20. The van der Waals surface area contributed by atoms with E-state index < -0.39 is 11.9 Å². The Morgan fingerprint density at radius 2 is 1.62 bits per heavy atom. The second kappa shape index (κ2) is 17.8. The van der Waals surface area contributed by atoms with Crippen LogP contribution >= 0.6 is 23.1 Å². The number of thioether (sulfide) groups is 1. The van der Waals surface area contributed by atoms with Gasteiger partial charge in [0.25, 0.3) is 0 Å². The van der Waals surface area contributed by atoms with Crippen LogP contribution in [0.3, 0.4) is 0 Å². The summed E-state index contributed by atoms with van der Waals surface area (Å²) in [4.78, 5) is 39.5. The van der Waals surface area contributed by atoms with E-state index in [1.165, 1.54) is 81.5 Å². The molecule has 2 aromatic heterocycles. The van der Waals surface area contributed by atoms with Crippen LogP contribution < -0.4 is 0 Å². The third-order valence-corrected chi connectivity index (χ3v) is 9.27. The van der Waals surface area contributed by atoms with Crippen molar-refractivity contribution >= 4 is 40.8 Å². The highest BCUT2D eigenvalue weighted by atomic mass is 32.2. The van der Waals surface area contributed by atoms with Gasteiger partial charge in [0.2, 0.25) is 5.78 Å². The molecule has 0 atom stereocenters. The summed E-state index contributed by atoms with van der Waals surface area (Å²) in [6, 6.07) is 18.8. The monoisotopic (exact) mass is 610 g/mol. The molecule has 0 unspecified atom stereocenters. The molecule has 1 saturated heterocycles. The van der Waals surface area contributed by atoms with Crippen LogP contribution in [-0.4, -0.2) is 63.2 Å². The third kappa shape index (κ3) is 11.3. The van der Waals surface area contributed by atoms with Crippen LogP contribution in [0.2, 0.25) is 0 Å². The Kier molecular flexibility index (Phi) is 14.2. The van der Waals surface area contributed by atoms with E-state index >= 15 is 0 Å². The first-order chi connectivity index (χ1) is 20.2. The molecule has 1 aliphatic heterocycles. The van der Waals surface area contributed by atoms with Crippen molar-refractivity contribution in [1.29, 1.82) is 0 Å². The van der Waals surface area contributed by atoms with Crippen LogP contribution in [0.25, 0.3) is 0 Å². The van der Waals surface area contributed by atoms with Gasteiger partial charge in [-0.15, -0.1) is 23.1 Å². The molecule has 7 nitrogen and oxygen atoms in total. The van der Waals surface area contributed by atoms with Gasteiger partial charge in [0.15, 0.2) is 0 Å². The Hall–Kier alpha value is -3.01. The molecule has 226 valence electrons. The molecule has 2 N–H and O–H groups in total. The normalized spacial score (nSPS) is 13.9. The summed E-state index contributed by atoms with van der Waals surface area (Å²) in [6.07, 6.45) is 8.89. The molecular formula is C33H42N2O5S2. The summed E-state index contributed by atoms with van der Waals surface area (Å²) in [5.74, 6) is -1.32. The van der Waals surface area contributed by atoms with Crippen molar-refractivity contribution in [2.24, 2.45) is 5.92 Å². The average Bonchev–Trinajstić information content (AvgIpc) is 3.53. The number of carboxylic acid groups (broad SMARTS) is 2. The number of aliphatic carboxylic acids is 2. The number of aromatic nitrogens is 1. The van der Waals surface area contributed by atoms with Crippen LogP contribution in [0.15, 0.2) is 65.0 Å². The Bertz CT molecular complexity index is 1240. The number of hydrogen-bond acceptors (Lipinski definition) is 7. The lowest BCUT2D eigenvalue weighted by molar-refractivity contribution is -0.159. The van der Waals surface area contributed by atoms with Crippen molar-refractivity contribution in [3.8, 4) is 0 Å². The minimum absolute atomic E-state index is 0.0999. The van der Waals surface area contributed by atoms with Crippen molar-refractivity contribution in [1.82, 2.24) is 9.88 Å². The second-order valence-corrected chi connectivity index (χ2v) is 12.9. The zero-order chi connectivity index (χ0) is 30.3. The van der Waals surface area contributed by atoms with Crippen LogP contribution in [-0.2, 0) is 16.0 Å². The van der Waals surface area contributed by atoms with Gasteiger partial charge >= 0.3 is 11.9 Å². The first-order valence-corrected chi connectivity index (χ1v) is 16.6. The largest absolute Gasteiger partial charge is 0.473 e. The number of thiophene rings is 1. The number of ketones is 1. The Morgan fingerprint density at radius 1 is 0.929 bits per heavy atom. The van der Waals surface area contributed by atoms with Gasteiger partial charge in [-0.1, -0.05) is 63.1 Å². The SMILES string of the molecule is CC(C)c1ccc(C(=O)c2cccs2)c(SCCCCCCN2CCC(Cc3ccccc3)CC2)n1.O=C(O)C(=O)O. The quantitative estimate of drug-likeness (QED) is 0.0901. The number of carbonyl (C=O) groups is 3. The topological polar surface area (TPSA) is 108 Å². The molecule has 1 fully saturated rings. The summed E-state index contributed by atoms with van der Waals surface area (Å²) in [5, 5.41) is 17.6. The van der Waals surface area contributed by atoms with Crippen LogP contribution in [0.4, 0.5) is 0 Å². The molecule has 0 bridgehead atoms. The van der Waals surface area contributed by atoms with Crippen molar-refractivity contribution in [3.05, 3.63) is 81.7 Å². The van der Waals surface area contributed by atoms with Gasteiger partial charge < -0.3 is 15.1 Å². The average molecular weight is 611 g/mol. The predicted molar refractivity (Wildman–Crippen MR) is 170 cm³/mol. The number of hydrogen-bond donors (Lipinski definition) is 2. The highest BCUT2D eigenvalue weighted by Crippen LogP contribution is 2.28. The molecule has 3 aromatic rings. The maximum absolute atomic E-state index is 13.0. The van der Waals surface area contributed by atoms with Gasteiger partial charge in [-0.3, -0.25) is 4.79 Å². The first kappa shape index (κ1) is 33.5. The molecule has 1 aliphatic rings. The summed E-state index contributed by atoms with van der Waals surface area (Å²) in [5.41, 5.74) is 3.30. The molecule has 0 spiro atoms. The highest BCUT2D eigenvalue weighted by molar-refractivity contribution is 7.99. The van der Waals surface area contributed by atoms with Crippen LogP contribution in [0.1, 0.15) is 84.8 Å². The molecule has 9 heteroatoms. The molecule has 0 aliphatic carbocycles. The lowest BCUT2D eigenvalue weighted by atomic mass is 9.90. The van der Waals surface area contributed by atoms with Gasteiger partial charge in [-0.25, -0.2) is 14.6 Å². The molecule has 3 heterocycles. The molecule has 42 heavy (non-hydrogen) atoms. The molecular weight excluding hydrogens is 569 g/mol. The predicted octanol–water partition coefficient (Wildman–Crippen LogP) is 7.26. The number of likely N-dealkylation sites (tertiary alicyclic amines) is 1. The smallest absolute Gasteiger partial charge is 0.414 e. The molecule has 0 saturated carbocycles. The van der Waals surface area contributed by atoms with Crippen LogP contribution in [0.5, 0.6) is 0 Å². The minimum atomic E-state index is -1.82. The van der Waals surface area contributed by atoms with Gasteiger partial charge in [-0.05, 0) is 98.5 Å². The molecule has 1 aromatic carbocycles. The van der Waals surface area contributed by atoms with E-state index in [9.17, 15) is 4.79 Å². The van der Waals surface area contributed by atoms with Gasteiger partial charge in [-0.2, -0.15) is 0 Å². The zero-order valence-electron chi connectivity index (χ0n) is 24.5. The lowest BCUT2D eigenvalue weighted by Crippen LogP contribution is -2.35. The number of piperidine rings is 1. The molecule has 0 radical (unpaired) electrons. The van der Waals surface area contributed by atoms with Crippen molar-refractivity contribution in [2.75, 3.05) is 25.4 Å². The standard InChI is InChI=1S/C31H40N2OS2.C2H2O4/c1-24(2)28-15-14-27(30(34)29-13-10-22-35-29)31(32-28)36-21-9-4-3-8-18-33-19-16-26(17-20-33)23-25-11-6-5-7-12-25;3-1(4)2(5)6/h5-7,10-15,22,24,26H,3-4,8-9,16-21,23H2,1-2H3;(H,3,4)(H,5,6). The lowest BCUT2D eigenvalue weighted by Gasteiger charge is -2.32. The fourth-order valence-electron chi connectivity index (χ4n) is 4.92. The second-order valence-electron chi connectivity index (χ2n) is 10.9. The fraction of sp³-hybridized carbons (Fsp3) is 0.455. The Balaban J connectivity index is 0.000000730. The summed E-state index contributed by atoms with van der Waals surface area (Å²) < 4.78 is 0. The number of carboxylic acids is 2. The fourth-order valence-corrected chi connectivity index (χ4v) is 6.63. The summed E-state index contributed by atoms with van der Waals surface area (Å²) >= 11 is 3.26. The summed E-state index contributed by atoms with van der Waals surface area (Å²) in [7, 11) is 0. The van der Waals surface area contributed by atoms with E-state index in [4.69, 9.17) is 24.8 Å². The van der Waals surface area contributed by atoms with Crippen molar-refractivity contribution in [3.63, 3.8) is 0 Å². The number of benzene rings is 1. The third-order valence-electron chi connectivity index (χ3n) is 7.33. The maximum Gasteiger partial charge on any atom is 0.414 e. The number of unbranched alkanes of at least 4 members (excludes halogenated alkanes) is 3. The Morgan fingerprint density at radius 3 is 2.24 bits per heavy atom. The van der Waals surface area contributed by atoms with Gasteiger partial charge in [0.05, 0.1) is 10.4 Å². The number of rotatable bonds is 13. The van der Waals surface area contributed by atoms with Crippen molar-refractivity contribution < 1.29 is 24.6 Å². The Labute approximate surface area is 257 Å². The van der Waals surface area contributed by atoms with Gasteiger partial charge in [0, 0.05) is 5.69 Å². The van der Waals surface area contributed by atoms with E-state index in [-0.39, 0.29) is 5.78 Å². The van der Waals surface area contributed by atoms with E-state index in [0.717, 1.165) is 32.8 Å². The molecule has 4 rings (SSSR count). The van der Waals surface area contributed by atoms with E-state index in [0.29, 0.717) is 5.92 Å². The maximum atomic E-state index is 13.0. The number of nitrogens with zero attached hydrogens (tertiary/aromatic N) is 2.